The van der Waals surface area contributed by atoms with Gasteiger partial charge in [-0.15, -0.1) is 11.3 Å². The van der Waals surface area contributed by atoms with E-state index < -0.39 is 0 Å². The molecule has 0 fully saturated rings. The number of thiophene rings is 1. The van der Waals surface area contributed by atoms with Gasteiger partial charge < -0.3 is 0 Å². The second kappa shape index (κ2) is 6.13. The Morgan fingerprint density at radius 1 is 1.17 bits per heavy atom. The molecule has 4 rings (SSSR count). The summed E-state index contributed by atoms with van der Waals surface area (Å²) in [5.41, 5.74) is 7.37. The minimum Gasteiger partial charge on any atom is -0.260 e. The Morgan fingerprint density at radius 3 is 2.75 bits per heavy atom. The normalized spacial score (nSPS) is 15.9. The van der Waals surface area contributed by atoms with Crippen LogP contribution in [0.25, 0.3) is 21.3 Å². The Hall–Kier alpha value is -2.60. The van der Waals surface area contributed by atoms with E-state index in [0.29, 0.717) is 5.82 Å². The zero-order valence-corrected chi connectivity index (χ0v) is 13.9. The minimum atomic E-state index is -0.248. The second-order valence-electron chi connectivity index (χ2n) is 5.76. The number of hydrazone groups is 1. The minimum absolute atomic E-state index is 0.248. The zero-order valence-electron chi connectivity index (χ0n) is 13.1. The summed E-state index contributed by atoms with van der Waals surface area (Å²) in [6.07, 6.45) is 5.63. The number of rotatable bonds is 3. The van der Waals surface area contributed by atoms with Crippen molar-refractivity contribution in [3.05, 3.63) is 53.4 Å². The molecule has 2 aromatic heterocycles. The summed E-state index contributed by atoms with van der Waals surface area (Å²) in [7, 11) is 0. The third-order valence-electron chi connectivity index (χ3n) is 4.02. The molecule has 0 spiro atoms. The van der Waals surface area contributed by atoms with Gasteiger partial charge in [-0.05, 0) is 43.5 Å². The van der Waals surface area contributed by atoms with Crippen LogP contribution in [0, 0.1) is 5.82 Å². The number of nitrogens with zero attached hydrogens (tertiary/aromatic N) is 3. The third-order valence-corrected chi connectivity index (χ3v) is 4.91. The van der Waals surface area contributed by atoms with Crippen molar-refractivity contribution in [2.45, 2.75) is 19.8 Å². The fourth-order valence-electron chi connectivity index (χ4n) is 2.77. The maximum Gasteiger partial charge on any atom is 0.159 e. The predicted molar refractivity (Wildman–Crippen MR) is 96.9 cm³/mol. The molecule has 0 bridgehead atoms. The van der Waals surface area contributed by atoms with Crippen molar-refractivity contribution >= 4 is 33.1 Å². The van der Waals surface area contributed by atoms with E-state index in [2.05, 4.69) is 33.5 Å². The Balaban J connectivity index is 1.76. The number of nitrogens with one attached hydrogen (secondary N) is 1. The first kappa shape index (κ1) is 15.0. The fourth-order valence-corrected chi connectivity index (χ4v) is 3.68. The van der Waals surface area contributed by atoms with Crippen LogP contribution >= 0.6 is 11.3 Å². The first-order valence-corrected chi connectivity index (χ1v) is 8.56. The van der Waals surface area contributed by atoms with Gasteiger partial charge in [0.05, 0.1) is 11.1 Å². The molecule has 0 saturated carbocycles. The van der Waals surface area contributed by atoms with Crippen molar-refractivity contribution < 1.29 is 4.39 Å². The van der Waals surface area contributed by atoms with Gasteiger partial charge in [0.2, 0.25) is 0 Å². The van der Waals surface area contributed by atoms with Crippen LogP contribution in [0.2, 0.25) is 0 Å². The molecular weight excluding hydrogens is 323 g/mol. The van der Waals surface area contributed by atoms with Crippen LogP contribution in [0.3, 0.4) is 0 Å². The molecule has 1 N–H and O–H groups in total. The van der Waals surface area contributed by atoms with E-state index in [-0.39, 0.29) is 5.82 Å². The molecule has 0 saturated heterocycles. The number of aromatic nitrogens is 2. The summed E-state index contributed by atoms with van der Waals surface area (Å²) < 4.78 is 13.2. The van der Waals surface area contributed by atoms with Gasteiger partial charge in [-0.1, -0.05) is 17.7 Å². The molecule has 1 aliphatic rings. The van der Waals surface area contributed by atoms with Crippen LogP contribution in [0.4, 0.5) is 10.2 Å². The molecule has 0 atom stereocenters. The highest BCUT2D eigenvalue weighted by molar-refractivity contribution is 7.17. The Kier molecular flexibility index (Phi) is 3.82. The van der Waals surface area contributed by atoms with E-state index in [1.54, 1.807) is 23.5 Å². The molecule has 1 aromatic carbocycles. The van der Waals surface area contributed by atoms with E-state index >= 15 is 0 Å². The van der Waals surface area contributed by atoms with Gasteiger partial charge in [-0.25, -0.2) is 14.4 Å². The maximum atomic E-state index is 13.2. The Morgan fingerprint density at radius 2 is 2.00 bits per heavy atom. The molecule has 0 aliphatic heterocycles. The number of hydrogen-bond acceptors (Lipinski definition) is 5. The maximum absolute atomic E-state index is 13.2. The van der Waals surface area contributed by atoms with E-state index in [9.17, 15) is 4.39 Å². The van der Waals surface area contributed by atoms with Crippen molar-refractivity contribution in [3.8, 4) is 11.1 Å². The van der Waals surface area contributed by atoms with Crippen LogP contribution in [-0.2, 0) is 0 Å². The van der Waals surface area contributed by atoms with Crippen LogP contribution in [0.5, 0.6) is 0 Å². The quantitative estimate of drug-likeness (QED) is 0.683. The average Bonchev–Trinajstić information content (AvgIpc) is 3.20. The molecule has 3 aromatic rings. The van der Waals surface area contributed by atoms with Gasteiger partial charge in [-0.2, -0.15) is 5.10 Å². The van der Waals surface area contributed by atoms with E-state index in [1.807, 2.05) is 5.38 Å². The van der Waals surface area contributed by atoms with Crippen LogP contribution in [0.15, 0.2) is 52.7 Å². The van der Waals surface area contributed by atoms with E-state index in [0.717, 1.165) is 39.9 Å². The standard InChI is InChI=1S/C18H15FN4S/c1-11-2-7-14(8-11)22-23-17-16-15(9-24-18(16)21-10-20-17)12-3-5-13(19)6-4-12/h3-6,8-10H,2,7H2,1H3,(H,20,21,23)/b22-14+. The molecule has 120 valence electrons. The summed E-state index contributed by atoms with van der Waals surface area (Å²) in [6.45, 7) is 2.11. The summed E-state index contributed by atoms with van der Waals surface area (Å²) >= 11 is 1.54. The SMILES string of the molecule is CC1=C/C(=N/Nc2ncnc3scc(-c4ccc(F)cc4)c23)CC1. The molecular formula is C18H15FN4S. The van der Waals surface area contributed by atoms with Crippen molar-refractivity contribution in [1.29, 1.82) is 0 Å². The molecule has 0 radical (unpaired) electrons. The first-order valence-electron chi connectivity index (χ1n) is 7.68. The highest BCUT2D eigenvalue weighted by Gasteiger charge is 2.13. The van der Waals surface area contributed by atoms with E-state index in [1.165, 1.54) is 24.0 Å². The lowest BCUT2D eigenvalue weighted by Crippen LogP contribution is -1.98. The van der Waals surface area contributed by atoms with Crippen LogP contribution < -0.4 is 5.43 Å². The molecule has 1 aliphatic carbocycles. The smallest absolute Gasteiger partial charge is 0.159 e. The van der Waals surface area contributed by atoms with Gasteiger partial charge in [-0.3, -0.25) is 5.43 Å². The Bertz CT molecular complexity index is 957. The summed E-state index contributed by atoms with van der Waals surface area (Å²) in [5, 5.41) is 7.40. The largest absolute Gasteiger partial charge is 0.260 e. The summed E-state index contributed by atoms with van der Waals surface area (Å²) in [4.78, 5) is 9.56. The van der Waals surface area contributed by atoms with Crippen molar-refractivity contribution in [2.75, 3.05) is 5.43 Å². The number of benzene rings is 1. The topological polar surface area (TPSA) is 50.2 Å². The number of hydrogen-bond donors (Lipinski definition) is 1. The number of fused-ring (bicyclic) bond motifs is 1. The highest BCUT2D eigenvalue weighted by Crippen LogP contribution is 2.36. The molecule has 4 nitrogen and oxygen atoms in total. The first-order chi connectivity index (χ1) is 11.7. The van der Waals surface area contributed by atoms with Gasteiger partial charge in [0.25, 0.3) is 0 Å². The van der Waals surface area contributed by atoms with Gasteiger partial charge >= 0.3 is 0 Å². The third kappa shape index (κ3) is 2.80. The van der Waals surface area contributed by atoms with Crippen molar-refractivity contribution in [2.24, 2.45) is 5.10 Å². The van der Waals surface area contributed by atoms with Gasteiger partial charge in [0, 0.05) is 10.9 Å². The summed E-state index contributed by atoms with van der Waals surface area (Å²) in [5.74, 6) is 0.425. The molecule has 0 unspecified atom stereocenters. The lowest BCUT2D eigenvalue weighted by molar-refractivity contribution is 0.628. The molecule has 0 amide bonds. The highest BCUT2D eigenvalue weighted by atomic mass is 32.1. The monoisotopic (exact) mass is 338 g/mol. The molecule has 24 heavy (non-hydrogen) atoms. The molecule has 2 heterocycles. The fraction of sp³-hybridized carbons (Fsp3) is 0.167. The van der Waals surface area contributed by atoms with E-state index in [4.69, 9.17) is 0 Å². The van der Waals surface area contributed by atoms with Crippen LogP contribution in [0.1, 0.15) is 19.8 Å². The number of allylic oxidation sites excluding steroid dienone is 2. The average molecular weight is 338 g/mol. The lowest BCUT2D eigenvalue weighted by atomic mass is 10.1. The summed E-state index contributed by atoms with van der Waals surface area (Å²) in [6, 6.07) is 6.45. The number of halogens is 1. The van der Waals surface area contributed by atoms with Crippen molar-refractivity contribution in [1.82, 2.24) is 9.97 Å². The van der Waals surface area contributed by atoms with Gasteiger partial charge in [0.15, 0.2) is 5.82 Å². The van der Waals surface area contributed by atoms with Gasteiger partial charge in [0.1, 0.15) is 17.0 Å². The zero-order chi connectivity index (χ0) is 16.5. The van der Waals surface area contributed by atoms with Crippen LogP contribution in [-0.4, -0.2) is 15.7 Å². The van der Waals surface area contributed by atoms with Crippen molar-refractivity contribution in [3.63, 3.8) is 0 Å². The Labute approximate surface area is 142 Å². The number of anilines is 1. The predicted octanol–water partition coefficient (Wildman–Crippen LogP) is 5.01. The lowest BCUT2D eigenvalue weighted by Gasteiger charge is -2.05. The second-order valence-corrected chi connectivity index (χ2v) is 6.62. The molecule has 6 heteroatoms.